The Bertz CT molecular complexity index is 698. The van der Waals surface area contributed by atoms with E-state index in [1.165, 1.54) is 12.1 Å². The summed E-state index contributed by atoms with van der Waals surface area (Å²) in [5, 5.41) is 7.11. The third kappa shape index (κ3) is 3.70. The maximum atomic E-state index is 13.4. The lowest BCUT2D eigenvalue weighted by Crippen LogP contribution is -2.41. The van der Waals surface area contributed by atoms with Gasteiger partial charge in [0, 0.05) is 43.4 Å². The summed E-state index contributed by atoms with van der Waals surface area (Å²) >= 11 is 0. The zero-order valence-electron chi connectivity index (χ0n) is 13.3. The van der Waals surface area contributed by atoms with Gasteiger partial charge in [0.2, 0.25) is 5.91 Å². The molecule has 1 aliphatic heterocycles. The molecule has 0 saturated heterocycles. The number of halogens is 1. The molecule has 0 aliphatic carbocycles. The summed E-state index contributed by atoms with van der Waals surface area (Å²) in [4.78, 5) is 12.2. The number of ether oxygens (including phenoxy) is 1. The van der Waals surface area contributed by atoms with Crippen LogP contribution in [-0.4, -0.2) is 21.3 Å². The second kappa shape index (κ2) is 6.02. The Balaban J connectivity index is 1.70. The van der Waals surface area contributed by atoms with Gasteiger partial charge < -0.3 is 10.1 Å². The van der Waals surface area contributed by atoms with Crippen LogP contribution < -0.4 is 10.1 Å². The first-order chi connectivity index (χ1) is 10.9. The third-order valence-electron chi connectivity index (χ3n) is 3.90. The summed E-state index contributed by atoms with van der Waals surface area (Å²) in [6.07, 6.45) is 4.49. The molecule has 1 atom stereocenters. The number of rotatable bonds is 4. The number of amides is 1. The van der Waals surface area contributed by atoms with E-state index >= 15 is 0 Å². The van der Waals surface area contributed by atoms with E-state index in [4.69, 9.17) is 4.74 Å². The molecule has 0 spiro atoms. The van der Waals surface area contributed by atoms with Gasteiger partial charge in [-0.25, -0.2) is 4.39 Å². The number of fused-ring (bicyclic) bond motifs is 1. The zero-order chi connectivity index (χ0) is 16.4. The van der Waals surface area contributed by atoms with Crippen LogP contribution in [0.1, 0.15) is 38.3 Å². The van der Waals surface area contributed by atoms with Gasteiger partial charge in [-0.2, -0.15) is 5.10 Å². The number of carbonyl (C=O) groups is 1. The molecule has 0 fully saturated rings. The molecule has 1 amide bonds. The summed E-state index contributed by atoms with van der Waals surface area (Å²) in [5.41, 5.74) is 0.360. The fourth-order valence-corrected chi connectivity index (χ4v) is 2.87. The number of benzene rings is 1. The molecule has 1 aromatic carbocycles. The minimum Gasteiger partial charge on any atom is -0.487 e. The van der Waals surface area contributed by atoms with Crippen LogP contribution in [0.25, 0.3) is 0 Å². The van der Waals surface area contributed by atoms with Gasteiger partial charge in [0.05, 0.1) is 6.04 Å². The average molecular weight is 317 g/mol. The fourth-order valence-electron chi connectivity index (χ4n) is 2.87. The van der Waals surface area contributed by atoms with Crippen molar-refractivity contribution >= 4 is 5.91 Å². The van der Waals surface area contributed by atoms with Crippen molar-refractivity contribution in [2.24, 2.45) is 0 Å². The van der Waals surface area contributed by atoms with Crippen LogP contribution in [0.4, 0.5) is 4.39 Å². The van der Waals surface area contributed by atoms with Crippen molar-refractivity contribution in [3.05, 3.63) is 48.0 Å². The zero-order valence-corrected chi connectivity index (χ0v) is 13.3. The highest BCUT2D eigenvalue weighted by atomic mass is 19.1. The predicted octanol–water partition coefficient (Wildman–Crippen LogP) is 2.83. The van der Waals surface area contributed by atoms with E-state index in [1.807, 2.05) is 26.1 Å². The normalized spacial score (nSPS) is 18.8. The third-order valence-corrected chi connectivity index (χ3v) is 3.90. The van der Waals surface area contributed by atoms with E-state index in [1.54, 1.807) is 16.9 Å². The second-order valence-electron chi connectivity index (χ2n) is 6.39. The molecule has 23 heavy (non-hydrogen) atoms. The van der Waals surface area contributed by atoms with E-state index in [9.17, 15) is 9.18 Å². The van der Waals surface area contributed by atoms with Crippen LogP contribution in [0.5, 0.6) is 5.75 Å². The molecule has 0 unspecified atom stereocenters. The van der Waals surface area contributed by atoms with Gasteiger partial charge in [0.15, 0.2) is 0 Å². The van der Waals surface area contributed by atoms with Crippen LogP contribution in [0.2, 0.25) is 0 Å². The SMILES string of the molecule is CC1(C)C[C@@H](NC(=O)CCn2cccn2)c2ccc(F)cc2O1. The Labute approximate surface area is 134 Å². The summed E-state index contributed by atoms with van der Waals surface area (Å²) in [6, 6.07) is 6.09. The first-order valence-corrected chi connectivity index (χ1v) is 7.68. The number of nitrogens with one attached hydrogen (secondary N) is 1. The molecular weight excluding hydrogens is 297 g/mol. The number of hydrogen-bond acceptors (Lipinski definition) is 3. The van der Waals surface area contributed by atoms with E-state index in [-0.39, 0.29) is 17.8 Å². The van der Waals surface area contributed by atoms with Gasteiger partial charge >= 0.3 is 0 Å². The van der Waals surface area contributed by atoms with Crippen molar-refractivity contribution in [1.82, 2.24) is 15.1 Å². The lowest BCUT2D eigenvalue weighted by atomic mass is 9.89. The fraction of sp³-hybridized carbons (Fsp3) is 0.412. The Morgan fingerprint density at radius 2 is 2.35 bits per heavy atom. The highest BCUT2D eigenvalue weighted by molar-refractivity contribution is 5.76. The van der Waals surface area contributed by atoms with Crippen LogP contribution >= 0.6 is 0 Å². The minimum atomic E-state index is -0.458. The van der Waals surface area contributed by atoms with Crippen molar-refractivity contribution in [2.75, 3.05) is 0 Å². The summed E-state index contributed by atoms with van der Waals surface area (Å²) in [7, 11) is 0. The molecule has 6 heteroatoms. The maximum absolute atomic E-state index is 13.4. The van der Waals surface area contributed by atoms with E-state index in [0.717, 1.165) is 5.56 Å². The van der Waals surface area contributed by atoms with E-state index in [0.29, 0.717) is 25.1 Å². The Morgan fingerprint density at radius 1 is 1.52 bits per heavy atom. The monoisotopic (exact) mass is 317 g/mol. The molecule has 2 heterocycles. The first kappa shape index (κ1) is 15.5. The molecule has 1 aliphatic rings. The van der Waals surface area contributed by atoms with Gasteiger partial charge in [-0.1, -0.05) is 6.07 Å². The number of aromatic nitrogens is 2. The standard InChI is InChI=1S/C17H20FN3O2/c1-17(2)11-14(13-5-4-12(18)10-15(13)23-17)20-16(22)6-9-21-8-3-7-19-21/h3-5,7-8,10,14H,6,9,11H2,1-2H3,(H,20,22)/t14-/m1/s1. The molecule has 0 saturated carbocycles. The van der Waals surface area contributed by atoms with Gasteiger partial charge in [0.1, 0.15) is 17.2 Å². The summed E-state index contributed by atoms with van der Waals surface area (Å²) in [6.45, 7) is 4.40. The molecular formula is C17H20FN3O2. The molecule has 1 N–H and O–H groups in total. The smallest absolute Gasteiger partial charge is 0.222 e. The highest BCUT2D eigenvalue weighted by Gasteiger charge is 2.34. The summed E-state index contributed by atoms with van der Waals surface area (Å²) < 4.78 is 21.0. The Morgan fingerprint density at radius 3 is 3.09 bits per heavy atom. The van der Waals surface area contributed by atoms with Gasteiger partial charge in [-0.15, -0.1) is 0 Å². The van der Waals surface area contributed by atoms with Crippen molar-refractivity contribution in [3.8, 4) is 5.75 Å². The number of hydrogen-bond donors (Lipinski definition) is 1. The molecule has 5 nitrogen and oxygen atoms in total. The molecule has 0 radical (unpaired) electrons. The van der Waals surface area contributed by atoms with Gasteiger partial charge in [-0.3, -0.25) is 9.48 Å². The van der Waals surface area contributed by atoms with Crippen LogP contribution in [0.3, 0.4) is 0 Å². The molecule has 1 aromatic heterocycles. The quantitative estimate of drug-likeness (QED) is 0.943. The lowest BCUT2D eigenvalue weighted by molar-refractivity contribution is -0.122. The number of nitrogens with zero attached hydrogens (tertiary/aromatic N) is 2. The molecule has 2 aromatic rings. The van der Waals surface area contributed by atoms with Crippen molar-refractivity contribution in [2.45, 2.75) is 44.9 Å². The highest BCUT2D eigenvalue weighted by Crippen LogP contribution is 2.39. The number of aryl methyl sites for hydroxylation is 1. The van der Waals surface area contributed by atoms with Crippen molar-refractivity contribution in [3.63, 3.8) is 0 Å². The largest absolute Gasteiger partial charge is 0.487 e. The topological polar surface area (TPSA) is 56.2 Å². The average Bonchev–Trinajstić information content (AvgIpc) is 2.96. The van der Waals surface area contributed by atoms with Crippen LogP contribution in [0.15, 0.2) is 36.7 Å². The van der Waals surface area contributed by atoms with E-state index < -0.39 is 5.60 Å². The van der Waals surface area contributed by atoms with Crippen LogP contribution in [0, 0.1) is 5.82 Å². The maximum Gasteiger partial charge on any atom is 0.222 e. The van der Waals surface area contributed by atoms with Crippen molar-refractivity contribution < 1.29 is 13.9 Å². The van der Waals surface area contributed by atoms with E-state index in [2.05, 4.69) is 10.4 Å². The number of carbonyl (C=O) groups excluding carboxylic acids is 1. The minimum absolute atomic E-state index is 0.0570. The Kier molecular flexibility index (Phi) is 4.07. The molecule has 0 bridgehead atoms. The lowest BCUT2D eigenvalue weighted by Gasteiger charge is -2.37. The van der Waals surface area contributed by atoms with Gasteiger partial charge in [-0.05, 0) is 26.0 Å². The Hall–Kier alpha value is -2.37. The predicted molar refractivity (Wildman–Crippen MR) is 83.5 cm³/mol. The molecule has 3 rings (SSSR count). The van der Waals surface area contributed by atoms with Gasteiger partial charge in [0.25, 0.3) is 0 Å². The van der Waals surface area contributed by atoms with Crippen molar-refractivity contribution in [1.29, 1.82) is 0 Å². The second-order valence-corrected chi connectivity index (χ2v) is 6.39. The first-order valence-electron chi connectivity index (χ1n) is 7.68. The van der Waals surface area contributed by atoms with Crippen LogP contribution in [-0.2, 0) is 11.3 Å². The molecule has 122 valence electrons. The summed E-state index contributed by atoms with van der Waals surface area (Å²) in [5.74, 6) is 0.0994.